The third kappa shape index (κ3) is 2.80. The highest BCUT2D eigenvalue weighted by Gasteiger charge is 2.30. The molecular formula is C19H19NO2. The first kappa shape index (κ1) is 14.5. The molecule has 1 aliphatic heterocycles. The van der Waals surface area contributed by atoms with Crippen molar-refractivity contribution in [3.05, 3.63) is 60.2 Å². The highest BCUT2D eigenvalue weighted by atomic mass is 16.2. The Morgan fingerprint density at radius 1 is 1.00 bits per heavy atom. The molecule has 0 radical (unpaired) electrons. The van der Waals surface area contributed by atoms with Crippen molar-refractivity contribution in [2.45, 2.75) is 25.7 Å². The van der Waals surface area contributed by atoms with E-state index in [9.17, 15) is 9.59 Å². The molecule has 112 valence electrons. The number of hydrogen-bond acceptors (Lipinski definition) is 2. The maximum Gasteiger partial charge on any atom is 0.236 e. The van der Waals surface area contributed by atoms with Gasteiger partial charge < -0.3 is 0 Å². The van der Waals surface area contributed by atoms with Gasteiger partial charge in [-0.1, -0.05) is 54.6 Å². The monoisotopic (exact) mass is 293 g/mol. The Bertz CT molecular complexity index is 676. The molecule has 1 aliphatic rings. The topological polar surface area (TPSA) is 37.4 Å². The lowest BCUT2D eigenvalue weighted by molar-refractivity contribution is -0.142. The summed E-state index contributed by atoms with van der Waals surface area (Å²) in [6, 6.07) is 18.1. The smallest absolute Gasteiger partial charge is 0.236 e. The molecule has 0 aromatic heterocycles. The zero-order valence-electron chi connectivity index (χ0n) is 12.7. The Hall–Kier alpha value is -2.42. The minimum Gasteiger partial charge on any atom is -0.282 e. The largest absolute Gasteiger partial charge is 0.282 e. The average Bonchev–Trinajstić information content (AvgIpc) is 3.00. The van der Waals surface area contributed by atoms with Gasteiger partial charge in [0.15, 0.2) is 0 Å². The minimum absolute atomic E-state index is 0.0437. The maximum atomic E-state index is 12.4. The number of rotatable bonds is 3. The third-order valence-electron chi connectivity index (χ3n) is 4.23. The van der Waals surface area contributed by atoms with Gasteiger partial charge in [0.25, 0.3) is 0 Å². The van der Waals surface area contributed by atoms with Crippen LogP contribution >= 0.6 is 0 Å². The molecule has 2 amide bonds. The number of benzene rings is 2. The molecule has 22 heavy (non-hydrogen) atoms. The van der Waals surface area contributed by atoms with Gasteiger partial charge in [0.2, 0.25) is 11.8 Å². The lowest BCUT2D eigenvalue weighted by Gasteiger charge is -2.19. The second kappa shape index (κ2) is 6.14. The summed E-state index contributed by atoms with van der Waals surface area (Å²) in [4.78, 5) is 25.5. The van der Waals surface area contributed by atoms with Gasteiger partial charge >= 0.3 is 0 Å². The molecule has 0 aliphatic carbocycles. The summed E-state index contributed by atoms with van der Waals surface area (Å²) in [5.74, 6) is -0.417. The number of likely N-dealkylation sites (tertiary alicyclic amines) is 1. The first-order valence-corrected chi connectivity index (χ1v) is 7.66. The van der Waals surface area contributed by atoms with E-state index in [-0.39, 0.29) is 17.7 Å². The highest BCUT2D eigenvalue weighted by molar-refractivity contribution is 5.99. The summed E-state index contributed by atoms with van der Waals surface area (Å²) in [7, 11) is 0. The van der Waals surface area contributed by atoms with Crippen LogP contribution in [-0.2, 0) is 9.59 Å². The van der Waals surface area contributed by atoms with E-state index in [2.05, 4.69) is 12.1 Å². The van der Waals surface area contributed by atoms with Crippen LogP contribution in [0.4, 0.5) is 0 Å². The van der Waals surface area contributed by atoms with Gasteiger partial charge in [0.05, 0.1) is 5.92 Å². The van der Waals surface area contributed by atoms with E-state index >= 15 is 0 Å². The second-order valence-electron chi connectivity index (χ2n) is 5.70. The van der Waals surface area contributed by atoms with Crippen molar-refractivity contribution in [1.82, 2.24) is 4.90 Å². The van der Waals surface area contributed by atoms with Crippen molar-refractivity contribution in [3.8, 4) is 11.1 Å². The fraction of sp³-hybridized carbons (Fsp3) is 0.263. The molecule has 1 unspecified atom stereocenters. The summed E-state index contributed by atoms with van der Waals surface area (Å²) >= 11 is 0. The normalized spacial score (nSPS) is 15.9. The molecule has 1 fully saturated rings. The van der Waals surface area contributed by atoms with Gasteiger partial charge in [-0.3, -0.25) is 14.5 Å². The molecule has 2 aromatic rings. The zero-order valence-corrected chi connectivity index (χ0v) is 12.7. The van der Waals surface area contributed by atoms with E-state index in [1.165, 1.54) is 4.90 Å². The van der Waals surface area contributed by atoms with Crippen molar-refractivity contribution < 1.29 is 9.59 Å². The lowest BCUT2D eigenvalue weighted by atomic mass is 9.96. The van der Waals surface area contributed by atoms with Crippen molar-refractivity contribution in [3.63, 3.8) is 0 Å². The Labute approximate surface area is 130 Å². The van der Waals surface area contributed by atoms with Crippen LogP contribution in [0.15, 0.2) is 54.6 Å². The van der Waals surface area contributed by atoms with Crippen molar-refractivity contribution in [2.75, 3.05) is 6.54 Å². The number of nitrogens with zero attached hydrogens (tertiary/aromatic N) is 1. The summed E-state index contributed by atoms with van der Waals surface area (Å²) in [5.41, 5.74) is 3.23. The van der Waals surface area contributed by atoms with Crippen LogP contribution in [0, 0.1) is 0 Å². The lowest BCUT2D eigenvalue weighted by Crippen LogP contribution is -2.35. The van der Waals surface area contributed by atoms with Crippen LogP contribution in [0.2, 0.25) is 0 Å². The van der Waals surface area contributed by atoms with E-state index in [1.807, 2.05) is 49.4 Å². The second-order valence-corrected chi connectivity index (χ2v) is 5.70. The van der Waals surface area contributed by atoms with Crippen LogP contribution < -0.4 is 0 Å². The van der Waals surface area contributed by atoms with Gasteiger partial charge in [-0.2, -0.15) is 0 Å². The highest BCUT2D eigenvalue weighted by Crippen LogP contribution is 2.25. The summed E-state index contributed by atoms with van der Waals surface area (Å²) in [5, 5.41) is 0. The fourth-order valence-corrected chi connectivity index (χ4v) is 2.85. The predicted molar refractivity (Wildman–Crippen MR) is 86.2 cm³/mol. The maximum absolute atomic E-state index is 12.4. The first-order chi connectivity index (χ1) is 10.7. The SMILES string of the molecule is CC(C(=O)N1CCCC1=O)c1ccc(-c2ccccc2)cc1. The Balaban J connectivity index is 1.78. The van der Waals surface area contributed by atoms with Gasteiger partial charge in [-0.25, -0.2) is 0 Å². The van der Waals surface area contributed by atoms with E-state index in [0.29, 0.717) is 13.0 Å². The van der Waals surface area contributed by atoms with E-state index < -0.39 is 0 Å². The van der Waals surface area contributed by atoms with Crippen molar-refractivity contribution >= 4 is 11.8 Å². The number of amides is 2. The molecule has 1 atom stereocenters. The third-order valence-corrected chi connectivity index (χ3v) is 4.23. The van der Waals surface area contributed by atoms with E-state index in [1.54, 1.807) is 0 Å². The van der Waals surface area contributed by atoms with Gasteiger partial charge in [-0.15, -0.1) is 0 Å². The molecule has 1 saturated heterocycles. The van der Waals surface area contributed by atoms with Gasteiger partial charge in [0.1, 0.15) is 0 Å². The molecule has 0 bridgehead atoms. The molecule has 0 saturated carbocycles. The molecule has 1 heterocycles. The Morgan fingerprint density at radius 2 is 1.64 bits per heavy atom. The number of carbonyl (C=O) groups is 2. The number of carbonyl (C=O) groups excluding carboxylic acids is 2. The summed E-state index contributed by atoms with van der Waals surface area (Å²) in [6.45, 7) is 2.43. The fourth-order valence-electron chi connectivity index (χ4n) is 2.85. The van der Waals surface area contributed by atoms with Crippen LogP contribution in [-0.4, -0.2) is 23.3 Å². The van der Waals surface area contributed by atoms with Crippen LogP contribution in [0.1, 0.15) is 31.2 Å². The zero-order chi connectivity index (χ0) is 15.5. The molecule has 3 heteroatoms. The van der Waals surface area contributed by atoms with Crippen LogP contribution in [0.5, 0.6) is 0 Å². The Kier molecular flexibility index (Phi) is 4.05. The number of hydrogen-bond donors (Lipinski definition) is 0. The van der Waals surface area contributed by atoms with Gasteiger partial charge in [0, 0.05) is 13.0 Å². The standard InChI is InChI=1S/C19H19NO2/c1-14(19(22)20-13-5-8-18(20)21)15-9-11-17(12-10-15)16-6-3-2-4-7-16/h2-4,6-7,9-12,14H,5,8,13H2,1H3. The molecule has 3 nitrogen and oxygen atoms in total. The first-order valence-electron chi connectivity index (χ1n) is 7.66. The minimum atomic E-state index is -0.285. The summed E-state index contributed by atoms with van der Waals surface area (Å²) in [6.07, 6.45) is 1.27. The van der Waals surface area contributed by atoms with Gasteiger partial charge in [-0.05, 0) is 30.0 Å². The molecule has 0 spiro atoms. The average molecular weight is 293 g/mol. The van der Waals surface area contributed by atoms with Crippen LogP contribution in [0.25, 0.3) is 11.1 Å². The Morgan fingerprint density at radius 3 is 2.23 bits per heavy atom. The van der Waals surface area contributed by atoms with E-state index in [4.69, 9.17) is 0 Å². The molecule has 0 N–H and O–H groups in total. The van der Waals surface area contributed by atoms with Crippen LogP contribution in [0.3, 0.4) is 0 Å². The van der Waals surface area contributed by atoms with Crippen molar-refractivity contribution in [1.29, 1.82) is 0 Å². The summed E-state index contributed by atoms with van der Waals surface area (Å²) < 4.78 is 0. The van der Waals surface area contributed by atoms with Crippen molar-refractivity contribution in [2.24, 2.45) is 0 Å². The predicted octanol–water partition coefficient (Wildman–Crippen LogP) is 3.61. The quantitative estimate of drug-likeness (QED) is 0.867. The molecule has 2 aromatic carbocycles. The molecular weight excluding hydrogens is 274 g/mol. The number of imide groups is 1. The molecule has 3 rings (SSSR count). The van der Waals surface area contributed by atoms with E-state index in [0.717, 1.165) is 23.1 Å².